The summed E-state index contributed by atoms with van der Waals surface area (Å²) in [6, 6.07) is 11.1. The number of rotatable bonds is 5. The predicted octanol–water partition coefficient (Wildman–Crippen LogP) is 2.98. The fraction of sp³-hybridized carbons (Fsp3) is 0.263. The summed E-state index contributed by atoms with van der Waals surface area (Å²) in [5.41, 5.74) is 0.750. The maximum Gasteiger partial charge on any atom is 0.270 e. The van der Waals surface area contributed by atoms with E-state index in [2.05, 4.69) is 10.2 Å². The molecule has 1 aliphatic rings. The van der Waals surface area contributed by atoms with Gasteiger partial charge in [-0.15, -0.1) is 0 Å². The van der Waals surface area contributed by atoms with E-state index in [0.29, 0.717) is 31.2 Å². The van der Waals surface area contributed by atoms with Gasteiger partial charge < -0.3 is 15.1 Å². The minimum atomic E-state index is -0.633. The number of nitro groups is 1. The van der Waals surface area contributed by atoms with Gasteiger partial charge in [0.25, 0.3) is 11.6 Å². The van der Waals surface area contributed by atoms with Gasteiger partial charge in [-0.2, -0.15) is 0 Å². The van der Waals surface area contributed by atoms with Crippen molar-refractivity contribution in [3.63, 3.8) is 0 Å². The molecule has 2 aromatic carbocycles. The molecule has 1 saturated heterocycles. The third-order valence-corrected chi connectivity index (χ3v) is 5.21. The van der Waals surface area contributed by atoms with Crippen LogP contribution < -0.4 is 10.2 Å². The Morgan fingerprint density at radius 1 is 1.03 bits per heavy atom. The van der Waals surface area contributed by atoms with Gasteiger partial charge in [0.05, 0.1) is 22.1 Å². The molecule has 8 nitrogen and oxygen atoms in total. The lowest BCUT2D eigenvalue weighted by Gasteiger charge is -2.36. The molecule has 29 heavy (non-hydrogen) atoms. The van der Waals surface area contributed by atoms with Gasteiger partial charge in [-0.05, 0) is 30.3 Å². The fourth-order valence-corrected chi connectivity index (χ4v) is 3.36. The summed E-state index contributed by atoms with van der Waals surface area (Å²) in [7, 11) is 0. The summed E-state index contributed by atoms with van der Waals surface area (Å²) in [4.78, 5) is 38.8. The zero-order chi connectivity index (χ0) is 21.0. The van der Waals surface area contributed by atoms with E-state index in [1.807, 2.05) is 24.3 Å². The molecule has 0 aromatic heterocycles. The van der Waals surface area contributed by atoms with Gasteiger partial charge in [0.15, 0.2) is 0 Å². The zero-order valence-electron chi connectivity index (χ0n) is 15.3. The molecule has 0 aliphatic carbocycles. The van der Waals surface area contributed by atoms with E-state index in [-0.39, 0.29) is 28.7 Å². The highest BCUT2D eigenvalue weighted by Gasteiger charge is 2.22. The van der Waals surface area contributed by atoms with Gasteiger partial charge in [-0.1, -0.05) is 23.2 Å². The van der Waals surface area contributed by atoms with Crippen LogP contribution in [0.2, 0.25) is 10.0 Å². The van der Waals surface area contributed by atoms with Crippen molar-refractivity contribution in [3.05, 3.63) is 68.2 Å². The lowest BCUT2D eigenvalue weighted by molar-refractivity contribution is -0.384. The van der Waals surface area contributed by atoms with E-state index in [9.17, 15) is 19.7 Å². The summed E-state index contributed by atoms with van der Waals surface area (Å²) < 4.78 is 0. The van der Waals surface area contributed by atoms with Crippen molar-refractivity contribution in [2.45, 2.75) is 0 Å². The van der Waals surface area contributed by atoms with Gasteiger partial charge in [0.1, 0.15) is 0 Å². The second kappa shape index (κ2) is 9.11. The van der Waals surface area contributed by atoms with Crippen LogP contribution in [0.4, 0.5) is 11.4 Å². The highest BCUT2D eigenvalue weighted by molar-refractivity contribution is 6.34. The fourth-order valence-electron chi connectivity index (χ4n) is 3.03. The Bertz CT molecular complexity index is 928. The molecular weight excluding hydrogens is 419 g/mol. The topological polar surface area (TPSA) is 95.8 Å². The average Bonchev–Trinajstić information content (AvgIpc) is 2.72. The number of benzene rings is 2. The maximum absolute atomic E-state index is 12.4. The SMILES string of the molecule is O=C(NCC(=O)N1CCN(c2ccc(Cl)cc2)CC1)c1cc([N+](=O)[O-])ccc1Cl. The van der Waals surface area contributed by atoms with Crippen molar-refractivity contribution in [3.8, 4) is 0 Å². The number of carbonyl (C=O) groups is 2. The Morgan fingerprint density at radius 2 is 1.69 bits per heavy atom. The molecule has 1 aliphatic heterocycles. The molecule has 0 bridgehead atoms. The van der Waals surface area contributed by atoms with E-state index in [1.54, 1.807) is 4.90 Å². The monoisotopic (exact) mass is 436 g/mol. The lowest BCUT2D eigenvalue weighted by Crippen LogP contribution is -2.51. The first-order chi connectivity index (χ1) is 13.8. The van der Waals surface area contributed by atoms with Gasteiger partial charge in [0.2, 0.25) is 5.91 Å². The summed E-state index contributed by atoms with van der Waals surface area (Å²) >= 11 is 11.9. The largest absolute Gasteiger partial charge is 0.368 e. The van der Waals surface area contributed by atoms with Gasteiger partial charge >= 0.3 is 0 Å². The third kappa shape index (κ3) is 5.16. The Kier molecular flexibility index (Phi) is 6.56. The average molecular weight is 437 g/mol. The summed E-state index contributed by atoms with van der Waals surface area (Å²) in [5.74, 6) is -0.859. The second-order valence-electron chi connectivity index (χ2n) is 6.45. The quantitative estimate of drug-likeness (QED) is 0.573. The van der Waals surface area contributed by atoms with Crippen LogP contribution in [0.3, 0.4) is 0 Å². The first-order valence-corrected chi connectivity index (χ1v) is 9.61. The molecule has 0 saturated carbocycles. The Balaban J connectivity index is 1.52. The van der Waals surface area contributed by atoms with E-state index >= 15 is 0 Å². The number of piperazine rings is 1. The van der Waals surface area contributed by atoms with Crippen LogP contribution in [0.1, 0.15) is 10.4 Å². The number of hydrogen-bond donors (Lipinski definition) is 1. The molecule has 0 spiro atoms. The number of carbonyl (C=O) groups excluding carboxylic acids is 2. The first-order valence-electron chi connectivity index (χ1n) is 8.85. The molecule has 1 fully saturated rings. The van der Waals surface area contributed by atoms with Crippen molar-refractivity contribution in [2.24, 2.45) is 0 Å². The summed E-state index contributed by atoms with van der Waals surface area (Å²) in [5, 5.41) is 14.1. The molecule has 2 aromatic rings. The van der Waals surface area contributed by atoms with Crippen LogP contribution in [0.5, 0.6) is 0 Å². The van der Waals surface area contributed by atoms with Crippen molar-refractivity contribution in [1.29, 1.82) is 0 Å². The molecule has 0 atom stereocenters. The molecule has 1 heterocycles. The Hall–Kier alpha value is -2.84. The van der Waals surface area contributed by atoms with Gasteiger partial charge in [-0.25, -0.2) is 0 Å². The summed E-state index contributed by atoms with van der Waals surface area (Å²) in [6.07, 6.45) is 0. The number of nitro benzene ring substituents is 1. The minimum absolute atomic E-state index is 0.0405. The van der Waals surface area contributed by atoms with E-state index in [4.69, 9.17) is 23.2 Å². The third-order valence-electron chi connectivity index (χ3n) is 4.63. The first kappa shape index (κ1) is 20.9. The van der Waals surface area contributed by atoms with Crippen LogP contribution >= 0.6 is 23.2 Å². The van der Waals surface area contributed by atoms with Crippen LogP contribution in [-0.2, 0) is 4.79 Å². The standard InChI is InChI=1S/C19H18Cl2N4O4/c20-13-1-3-14(4-2-13)23-7-9-24(10-8-23)18(26)12-22-19(27)16-11-15(25(28)29)5-6-17(16)21/h1-6,11H,7-10,12H2,(H,22,27). The van der Waals surface area contributed by atoms with E-state index < -0.39 is 10.8 Å². The molecule has 10 heteroatoms. The van der Waals surface area contributed by atoms with Crippen LogP contribution in [-0.4, -0.2) is 54.4 Å². The number of amides is 2. The van der Waals surface area contributed by atoms with Crippen molar-refractivity contribution in [2.75, 3.05) is 37.6 Å². The molecule has 3 rings (SSSR count). The molecule has 0 unspecified atom stereocenters. The number of nitrogens with zero attached hydrogens (tertiary/aromatic N) is 3. The minimum Gasteiger partial charge on any atom is -0.368 e. The number of non-ortho nitro benzene ring substituents is 1. The zero-order valence-corrected chi connectivity index (χ0v) is 16.8. The lowest BCUT2D eigenvalue weighted by atomic mass is 10.2. The van der Waals surface area contributed by atoms with Crippen LogP contribution in [0, 0.1) is 10.1 Å². The van der Waals surface area contributed by atoms with Crippen LogP contribution in [0.25, 0.3) is 0 Å². The normalized spacial score (nSPS) is 13.9. The maximum atomic E-state index is 12.4. The number of hydrogen-bond acceptors (Lipinski definition) is 5. The van der Waals surface area contributed by atoms with E-state index in [0.717, 1.165) is 11.8 Å². The van der Waals surface area contributed by atoms with Crippen molar-refractivity contribution in [1.82, 2.24) is 10.2 Å². The molecule has 0 radical (unpaired) electrons. The predicted molar refractivity (Wildman–Crippen MR) is 111 cm³/mol. The Morgan fingerprint density at radius 3 is 2.31 bits per heavy atom. The molecule has 152 valence electrons. The number of anilines is 1. The van der Waals surface area contributed by atoms with E-state index in [1.165, 1.54) is 12.1 Å². The highest BCUT2D eigenvalue weighted by Crippen LogP contribution is 2.22. The van der Waals surface area contributed by atoms with Crippen LogP contribution in [0.15, 0.2) is 42.5 Å². The Labute approximate surface area is 177 Å². The second-order valence-corrected chi connectivity index (χ2v) is 7.29. The molecule has 2 amide bonds. The van der Waals surface area contributed by atoms with Crippen molar-refractivity contribution < 1.29 is 14.5 Å². The summed E-state index contributed by atoms with van der Waals surface area (Å²) in [6.45, 7) is 2.17. The highest BCUT2D eigenvalue weighted by atomic mass is 35.5. The number of halogens is 2. The number of nitrogens with one attached hydrogen (secondary N) is 1. The molecule has 1 N–H and O–H groups in total. The van der Waals surface area contributed by atoms with Gasteiger partial charge in [-0.3, -0.25) is 19.7 Å². The van der Waals surface area contributed by atoms with Gasteiger partial charge in [0, 0.05) is 49.0 Å². The molecular formula is C19H18Cl2N4O4. The smallest absolute Gasteiger partial charge is 0.270 e. The van der Waals surface area contributed by atoms with Crippen molar-refractivity contribution >= 4 is 46.4 Å².